The van der Waals surface area contributed by atoms with E-state index in [4.69, 9.17) is 9.84 Å². The average molecular weight is 527 g/mol. The molecular weight excluding hydrogens is 492 g/mol. The molecule has 0 radical (unpaired) electrons. The number of carboxylic acid groups (broad SMARTS) is 1. The molecule has 2 aromatic rings. The second-order valence-corrected chi connectivity index (χ2v) is 9.48. The van der Waals surface area contributed by atoms with Crippen LogP contribution in [0.15, 0.2) is 58.8 Å². The molecule has 0 heterocycles. The number of azo groups is 1. The number of rotatable bonds is 11. The summed E-state index contributed by atoms with van der Waals surface area (Å²) in [7, 11) is 3.89. The molecule has 0 atom stereocenters. The van der Waals surface area contributed by atoms with Gasteiger partial charge in [0.2, 0.25) is 5.91 Å². The number of hydrogen-bond acceptors (Lipinski definition) is 8. The zero-order valence-corrected chi connectivity index (χ0v) is 22.2. The fourth-order valence-corrected chi connectivity index (χ4v) is 3.04. The van der Waals surface area contributed by atoms with Crippen molar-refractivity contribution in [3.8, 4) is 0 Å². The Balaban J connectivity index is 1.88. The van der Waals surface area contributed by atoms with E-state index in [-0.39, 0.29) is 13.1 Å². The summed E-state index contributed by atoms with van der Waals surface area (Å²) < 4.78 is 5.11. The Morgan fingerprint density at radius 2 is 1.45 bits per heavy atom. The molecule has 38 heavy (non-hydrogen) atoms. The van der Waals surface area contributed by atoms with Crippen LogP contribution in [-0.2, 0) is 14.3 Å². The van der Waals surface area contributed by atoms with E-state index in [0.29, 0.717) is 16.9 Å². The molecule has 0 unspecified atom stereocenters. The van der Waals surface area contributed by atoms with Gasteiger partial charge in [-0.15, -0.1) is 0 Å². The Labute approximate surface area is 221 Å². The number of benzene rings is 2. The molecule has 0 aliphatic rings. The number of nitrogens with one attached hydrogen (secondary N) is 2. The van der Waals surface area contributed by atoms with Gasteiger partial charge in [-0.2, -0.15) is 10.2 Å². The maximum absolute atomic E-state index is 12.5. The molecule has 0 bridgehead atoms. The fraction of sp³-hybridized carbons (Fsp3) is 0.385. The zero-order chi connectivity index (χ0) is 28.3. The number of ether oxygens (including phenoxy) is 1. The highest BCUT2D eigenvalue weighted by atomic mass is 16.6. The van der Waals surface area contributed by atoms with Crippen LogP contribution in [0.1, 0.15) is 31.1 Å². The number of anilines is 1. The smallest absolute Gasteiger partial charge is 0.407 e. The number of carboxylic acids is 1. The Hall–Kier alpha value is -4.48. The van der Waals surface area contributed by atoms with Gasteiger partial charge in [0.05, 0.1) is 17.9 Å². The Morgan fingerprint density at radius 3 is 1.95 bits per heavy atom. The first-order valence-electron chi connectivity index (χ1n) is 11.9. The van der Waals surface area contributed by atoms with Crippen LogP contribution < -0.4 is 15.5 Å². The monoisotopic (exact) mass is 526 g/mol. The largest absolute Gasteiger partial charge is 0.480 e. The molecular formula is C26H34N6O6. The van der Waals surface area contributed by atoms with Crippen LogP contribution in [0.25, 0.3) is 0 Å². The second-order valence-electron chi connectivity index (χ2n) is 9.48. The highest BCUT2D eigenvalue weighted by Gasteiger charge is 2.20. The fourth-order valence-electron chi connectivity index (χ4n) is 3.04. The lowest BCUT2D eigenvalue weighted by molar-refractivity contribution is -0.144. The Morgan fingerprint density at radius 1 is 0.895 bits per heavy atom. The lowest BCUT2D eigenvalue weighted by atomic mass is 10.2. The highest BCUT2D eigenvalue weighted by molar-refractivity contribution is 5.97. The quantitative estimate of drug-likeness (QED) is 0.380. The van der Waals surface area contributed by atoms with Gasteiger partial charge in [-0.3, -0.25) is 14.4 Å². The van der Waals surface area contributed by atoms with Crippen LogP contribution >= 0.6 is 0 Å². The van der Waals surface area contributed by atoms with Gasteiger partial charge < -0.3 is 30.3 Å². The normalized spacial score (nSPS) is 11.1. The molecule has 0 aliphatic carbocycles. The van der Waals surface area contributed by atoms with Crippen LogP contribution in [0.5, 0.6) is 0 Å². The predicted octanol–water partition coefficient (Wildman–Crippen LogP) is 3.34. The summed E-state index contributed by atoms with van der Waals surface area (Å²) in [5.74, 6) is -2.35. The van der Waals surface area contributed by atoms with Crippen molar-refractivity contribution in [3.05, 3.63) is 54.1 Å². The van der Waals surface area contributed by atoms with Crippen molar-refractivity contribution in [3.63, 3.8) is 0 Å². The Bertz CT molecular complexity index is 1140. The van der Waals surface area contributed by atoms with E-state index in [2.05, 4.69) is 20.9 Å². The molecule has 12 nitrogen and oxygen atoms in total. The van der Waals surface area contributed by atoms with Gasteiger partial charge in [-0.1, -0.05) is 0 Å². The summed E-state index contributed by atoms with van der Waals surface area (Å²) >= 11 is 0. The summed E-state index contributed by atoms with van der Waals surface area (Å²) in [6.07, 6.45) is -0.682. The molecule has 0 fully saturated rings. The second kappa shape index (κ2) is 13.7. The SMILES string of the molecule is CN(C)c1ccc(N=Nc2ccc(C(=O)NCC(=O)N(CCNC(=O)OC(C)(C)C)CC(=O)O)cc2)cc1. The lowest BCUT2D eigenvalue weighted by Crippen LogP contribution is -2.46. The van der Waals surface area contributed by atoms with Crippen molar-refractivity contribution in [2.24, 2.45) is 10.2 Å². The zero-order valence-electron chi connectivity index (χ0n) is 22.2. The summed E-state index contributed by atoms with van der Waals surface area (Å²) in [5.41, 5.74) is 1.87. The molecule has 0 aliphatic heterocycles. The van der Waals surface area contributed by atoms with Gasteiger partial charge in [-0.25, -0.2) is 4.79 Å². The van der Waals surface area contributed by atoms with E-state index in [9.17, 15) is 19.2 Å². The minimum Gasteiger partial charge on any atom is -0.480 e. The van der Waals surface area contributed by atoms with E-state index in [1.54, 1.807) is 45.0 Å². The van der Waals surface area contributed by atoms with E-state index in [1.807, 2.05) is 43.3 Å². The van der Waals surface area contributed by atoms with E-state index < -0.39 is 42.6 Å². The third kappa shape index (κ3) is 10.6. The van der Waals surface area contributed by atoms with Crippen LogP contribution in [0.4, 0.5) is 21.9 Å². The number of aliphatic carboxylic acids is 1. The van der Waals surface area contributed by atoms with Crippen molar-refractivity contribution in [2.45, 2.75) is 26.4 Å². The molecule has 0 spiro atoms. The minimum absolute atomic E-state index is 0.0162. The number of carbonyl (C=O) groups excluding carboxylic acids is 3. The van der Waals surface area contributed by atoms with Crippen LogP contribution in [0.3, 0.4) is 0 Å². The van der Waals surface area contributed by atoms with E-state index in [0.717, 1.165) is 10.6 Å². The van der Waals surface area contributed by atoms with Crippen molar-refractivity contribution in [2.75, 3.05) is 45.2 Å². The summed E-state index contributed by atoms with van der Waals surface area (Å²) in [5, 5.41) is 22.4. The van der Waals surface area contributed by atoms with Gasteiger partial charge in [0.25, 0.3) is 5.91 Å². The van der Waals surface area contributed by atoms with Crippen molar-refractivity contribution in [1.82, 2.24) is 15.5 Å². The molecule has 0 saturated heterocycles. The van der Waals surface area contributed by atoms with Crippen LogP contribution in [0.2, 0.25) is 0 Å². The third-order valence-electron chi connectivity index (χ3n) is 4.91. The third-order valence-corrected chi connectivity index (χ3v) is 4.91. The molecule has 2 aromatic carbocycles. The topological polar surface area (TPSA) is 153 Å². The highest BCUT2D eigenvalue weighted by Crippen LogP contribution is 2.21. The van der Waals surface area contributed by atoms with Gasteiger partial charge in [0.15, 0.2) is 0 Å². The maximum Gasteiger partial charge on any atom is 0.407 e. The van der Waals surface area contributed by atoms with Crippen molar-refractivity contribution < 1.29 is 29.0 Å². The number of amides is 3. The standard InChI is InChI=1S/C26H34N6O6/c1-26(2,3)38-25(37)27-14-15-32(17-23(34)35)22(33)16-28-24(36)18-6-8-19(9-7-18)29-30-20-10-12-21(13-11-20)31(4)5/h6-13H,14-17H2,1-5H3,(H,27,37)(H,28,36)(H,34,35). The summed E-state index contributed by atoms with van der Waals surface area (Å²) in [6, 6.07) is 13.9. The number of carbonyl (C=O) groups is 4. The van der Waals surface area contributed by atoms with Gasteiger partial charge in [0, 0.05) is 38.4 Å². The van der Waals surface area contributed by atoms with Crippen molar-refractivity contribution >= 4 is 40.9 Å². The first kappa shape index (κ1) is 29.7. The van der Waals surface area contributed by atoms with Crippen LogP contribution in [-0.4, -0.2) is 79.8 Å². The minimum atomic E-state index is -1.22. The molecule has 0 aromatic heterocycles. The summed E-state index contributed by atoms with van der Waals surface area (Å²) in [6.45, 7) is 4.04. The number of hydrogen-bond donors (Lipinski definition) is 3. The van der Waals surface area contributed by atoms with Crippen LogP contribution in [0, 0.1) is 0 Å². The number of nitrogens with zero attached hydrogens (tertiary/aromatic N) is 4. The maximum atomic E-state index is 12.5. The first-order chi connectivity index (χ1) is 17.8. The molecule has 3 amide bonds. The van der Waals surface area contributed by atoms with Gasteiger partial charge >= 0.3 is 12.1 Å². The lowest BCUT2D eigenvalue weighted by Gasteiger charge is -2.23. The van der Waals surface area contributed by atoms with E-state index in [1.165, 1.54) is 0 Å². The molecule has 12 heteroatoms. The van der Waals surface area contributed by atoms with Crippen molar-refractivity contribution in [1.29, 1.82) is 0 Å². The Kier molecular flexibility index (Phi) is 10.7. The summed E-state index contributed by atoms with van der Waals surface area (Å²) in [4.78, 5) is 50.9. The molecule has 2 rings (SSSR count). The first-order valence-corrected chi connectivity index (χ1v) is 11.9. The number of alkyl carbamates (subject to hydrolysis) is 1. The molecule has 0 saturated carbocycles. The predicted molar refractivity (Wildman–Crippen MR) is 142 cm³/mol. The molecule has 204 valence electrons. The van der Waals surface area contributed by atoms with Gasteiger partial charge in [0.1, 0.15) is 12.1 Å². The molecule has 3 N–H and O–H groups in total. The van der Waals surface area contributed by atoms with E-state index >= 15 is 0 Å². The van der Waals surface area contributed by atoms with Gasteiger partial charge in [-0.05, 0) is 69.3 Å². The average Bonchev–Trinajstić information content (AvgIpc) is 2.84.